The van der Waals surface area contributed by atoms with Gasteiger partial charge in [0.25, 0.3) is 0 Å². The molecular weight excluding hydrogens is 502 g/mol. The largest absolute Gasteiger partial charge is 0.384 e. The number of rotatable bonds is 9. The minimum Gasteiger partial charge on any atom is -0.384 e. The monoisotopic (exact) mass is 535 g/mol. The Morgan fingerprint density at radius 1 is 0.947 bits per heavy atom. The highest BCUT2D eigenvalue weighted by molar-refractivity contribution is 7.89. The van der Waals surface area contributed by atoms with E-state index in [1.54, 1.807) is 46.2 Å². The fraction of sp³-hybridized carbons (Fsp3) is 0.321. The standard InChI is InChI=1S/C28H33N5O4S/c1-2-6-26(34)32-13-15-33(16-14-32)28(35)25(18-20-7-5-10-23(17-20)27(29)30)31-38(36,37)24-12-11-21-8-3-4-9-22(21)19-24/h3-5,7-12,17,19,25,31H,2,6,13-16,18H2,1H3,(H3,29,30)/t25-/m0/s1. The fourth-order valence-corrected chi connectivity index (χ4v) is 5.86. The number of nitrogens with two attached hydrogens (primary N) is 1. The van der Waals surface area contributed by atoms with Gasteiger partial charge < -0.3 is 15.5 Å². The van der Waals surface area contributed by atoms with E-state index in [0.29, 0.717) is 43.7 Å². The van der Waals surface area contributed by atoms with Gasteiger partial charge in [-0.2, -0.15) is 4.72 Å². The number of benzene rings is 3. The molecule has 3 aromatic rings. The number of carbonyl (C=O) groups excluding carboxylic acids is 2. The molecule has 0 spiro atoms. The Kier molecular flexibility index (Phi) is 8.43. The third kappa shape index (κ3) is 6.38. The van der Waals surface area contributed by atoms with E-state index in [-0.39, 0.29) is 29.0 Å². The van der Waals surface area contributed by atoms with E-state index in [9.17, 15) is 18.0 Å². The number of hydrogen-bond donors (Lipinski definition) is 3. The van der Waals surface area contributed by atoms with Gasteiger partial charge in [-0.3, -0.25) is 15.0 Å². The quantitative estimate of drug-likeness (QED) is 0.286. The molecule has 200 valence electrons. The van der Waals surface area contributed by atoms with Gasteiger partial charge in [-0.15, -0.1) is 0 Å². The molecule has 1 aliphatic heterocycles. The van der Waals surface area contributed by atoms with Crippen molar-refractivity contribution in [1.82, 2.24) is 14.5 Å². The van der Waals surface area contributed by atoms with Crippen LogP contribution in [0.25, 0.3) is 10.8 Å². The number of piperazine rings is 1. The lowest BCUT2D eigenvalue weighted by Crippen LogP contribution is -2.56. The Bertz CT molecular complexity index is 1450. The van der Waals surface area contributed by atoms with Crippen LogP contribution in [0.4, 0.5) is 0 Å². The lowest BCUT2D eigenvalue weighted by atomic mass is 10.0. The Morgan fingerprint density at radius 2 is 1.63 bits per heavy atom. The predicted octanol–water partition coefficient (Wildman–Crippen LogP) is 2.48. The highest BCUT2D eigenvalue weighted by Crippen LogP contribution is 2.20. The minimum absolute atomic E-state index is 0.0641. The van der Waals surface area contributed by atoms with E-state index < -0.39 is 16.1 Å². The summed E-state index contributed by atoms with van der Waals surface area (Å²) < 4.78 is 29.6. The van der Waals surface area contributed by atoms with Crippen LogP contribution in [-0.2, 0) is 26.0 Å². The number of amidine groups is 1. The van der Waals surface area contributed by atoms with Gasteiger partial charge in [0.05, 0.1) is 4.90 Å². The average molecular weight is 536 g/mol. The lowest BCUT2D eigenvalue weighted by molar-refractivity contribution is -0.140. The first-order chi connectivity index (χ1) is 18.2. The van der Waals surface area contributed by atoms with E-state index in [1.807, 2.05) is 31.2 Å². The third-order valence-corrected chi connectivity index (χ3v) is 8.18. The summed E-state index contributed by atoms with van der Waals surface area (Å²) in [5.74, 6) is -0.404. The van der Waals surface area contributed by atoms with Gasteiger partial charge in [0.2, 0.25) is 21.8 Å². The van der Waals surface area contributed by atoms with E-state index >= 15 is 0 Å². The van der Waals surface area contributed by atoms with Gasteiger partial charge in [0.1, 0.15) is 11.9 Å². The second-order valence-electron chi connectivity index (χ2n) is 9.46. The maximum Gasteiger partial charge on any atom is 0.241 e. The smallest absolute Gasteiger partial charge is 0.241 e. The van der Waals surface area contributed by atoms with Crippen LogP contribution in [0.15, 0.2) is 71.6 Å². The SMILES string of the molecule is CCCC(=O)N1CCN(C(=O)[C@H](Cc2cccc(C(=N)N)c2)NS(=O)(=O)c2ccc3ccccc3c2)CC1. The molecule has 2 amide bonds. The van der Waals surface area contributed by atoms with Gasteiger partial charge in [-0.1, -0.05) is 55.5 Å². The Balaban J connectivity index is 1.59. The van der Waals surface area contributed by atoms with Crippen molar-refractivity contribution in [3.05, 3.63) is 77.9 Å². The van der Waals surface area contributed by atoms with Crippen molar-refractivity contribution in [2.24, 2.45) is 5.73 Å². The molecule has 4 N–H and O–H groups in total. The molecule has 4 rings (SSSR count). The zero-order valence-corrected chi connectivity index (χ0v) is 22.2. The maximum absolute atomic E-state index is 13.7. The van der Waals surface area contributed by atoms with Crippen LogP contribution in [0.5, 0.6) is 0 Å². The summed E-state index contributed by atoms with van der Waals surface area (Å²) in [6.45, 7) is 3.43. The van der Waals surface area contributed by atoms with Crippen LogP contribution in [-0.4, -0.2) is 68.1 Å². The molecule has 0 unspecified atom stereocenters. The van der Waals surface area contributed by atoms with Gasteiger partial charge in [-0.05, 0) is 47.4 Å². The topological polar surface area (TPSA) is 137 Å². The molecule has 0 saturated carbocycles. The Labute approximate surface area is 223 Å². The number of nitrogens with one attached hydrogen (secondary N) is 2. The second-order valence-corrected chi connectivity index (χ2v) is 11.2. The summed E-state index contributed by atoms with van der Waals surface area (Å²) in [7, 11) is -4.04. The van der Waals surface area contributed by atoms with E-state index in [0.717, 1.165) is 17.2 Å². The van der Waals surface area contributed by atoms with Crippen LogP contribution >= 0.6 is 0 Å². The molecule has 0 aliphatic carbocycles. The number of nitrogen functional groups attached to an aromatic ring is 1. The molecular formula is C28H33N5O4S. The van der Waals surface area contributed by atoms with Crippen molar-refractivity contribution < 1.29 is 18.0 Å². The molecule has 3 aromatic carbocycles. The summed E-state index contributed by atoms with van der Waals surface area (Å²) in [6, 6.07) is 18.1. The maximum atomic E-state index is 13.7. The number of fused-ring (bicyclic) bond motifs is 1. The normalized spacial score (nSPS) is 14.9. The van der Waals surface area contributed by atoms with E-state index in [4.69, 9.17) is 11.1 Å². The number of amides is 2. The first-order valence-corrected chi connectivity index (χ1v) is 14.2. The lowest BCUT2D eigenvalue weighted by Gasteiger charge is -2.36. The van der Waals surface area contributed by atoms with Crippen LogP contribution in [0, 0.1) is 5.41 Å². The fourth-order valence-electron chi connectivity index (χ4n) is 4.64. The van der Waals surface area contributed by atoms with Crippen molar-refractivity contribution >= 4 is 38.4 Å². The van der Waals surface area contributed by atoms with E-state index in [1.165, 1.54) is 6.07 Å². The molecule has 1 aliphatic rings. The zero-order chi connectivity index (χ0) is 27.3. The van der Waals surface area contributed by atoms with Gasteiger partial charge >= 0.3 is 0 Å². The van der Waals surface area contributed by atoms with Crippen LogP contribution in [0.3, 0.4) is 0 Å². The number of nitrogens with zero attached hydrogens (tertiary/aromatic N) is 2. The summed E-state index contributed by atoms with van der Waals surface area (Å²) in [4.78, 5) is 29.4. The van der Waals surface area contributed by atoms with Gasteiger partial charge in [-0.25, -0.2) is 8.42 Å². The number of hydrogen-bond acceptors (Lipinski definition) is 5. The number of carbonyl (C=O) groups is 2. The summed E-state index contributed by atoms with van der Waals surface area (Å²) >= 11 is 0. The van der Waals surface area contributed by atoms with Gasteiger partial charge in [0, 0.05) is 38.2 Å². The average Bonchev–Trinajstić information content (AvgIpc) is 2.92. The number of sulfonamides is 1. The molecule has 1 saturated heterocycles. The molecule has 38 heavy (non-hydrogen) atoms. The third-order valence-electron chi connectivity index (χ3n) is 6.71. The van der Waals surface area contributed by atoms with Crippen molar-refractivity contribution in [3.8, 4) is 0 Å². The van der Waals surface area contributed by atoms with Crippen LogP contribution in [0.1, 0.15) is 30.9 Å². The molecule has 1 heterocycles. The molecule has 10 heteroatoms. The van der Waals surface area contributed by atoms with Crippen LogP contribution < -0.4 is 10.5 Å². The van der Waals surface area contributed by atoms with E-state index in [2.05, 4.69) is 4.72 Å². The molecule has 1 fully saturated rings. The minimum atomic E-state index is -4.04. The Morgan fingerprint density at radius 3 is 2.32 bits per heavy atom. The van der Waals surface area contributed by atoms with Crippen molar-refractivity contribution in [2.75, 3.05) is 26.2 Å². The van der Waals surface area contributed by atoms with Crippen molar-refractivity contribution in [1.29, 1.82) is 5.41 Å². The second kappa shape index (κ2) is 11.7. The van der Waals surface area contributed by atoms with Crippen molar-refractivity contribution in [2.45, 2.75) is 37.1 Å². The molecule has 0 bridgehead atoms. The van der Waals surface area contributed by atoms with Crippen molar-refractivity contribution in [3.63, 3.8) is 0 Å². The highest BCUT2D eigenvalue weighted by Gasteiger charge is 2.32. The summed E-state index contributed by atoms with van der Waals surface area (Å²) in [5.41, 5.74) is 6.81. The summed E-state index contributed by atoms with van der Waals surface area (Å²) in [5, 5.41) is 9.41. The zero-order valence-electron chi connectivity index (χ0n) is 21.4. The first kappa shape index (κ1) is 27.3. The van der Waals surface area contributed by atoms with Crippen LogP contribution in [0.2, 0.25) is 0 Å². The molecule has 9 nitrogen and oxygen atoms in total. The van der Waals surface area contributed by atoms with Gasteiger partial charge in [0.15, 0.2) is 0 Å². The molecule has 0 radical (unpaired) electrons. The molecule has 1 atom stereocenters. The first-order valence-electron chi connectivity index (χ1n) is 12.7. The highest BCUT2D eigenvalue weighted by atomic mass is 32.2. The summed E-state index contributed by atoms with van der Waals surface area (Å²) in [6.07, 6.45) is 1.31. The Hall–Kier alpha value is -3.76. The molecule has 0 aromatic heterocycles. The predicted molar refractivity (Wildman–Crippen MR) is 147 cm³/mol.